The Bertz CT molecular complexity index is 3580. The maximum absolute atomic E-state index is 15.8. The molecule has 0 amide bonds. The fourth-order valence-electron chi connectivity index (χ4n) is 10.1. The number of nitrogens with zero attached hydrogens (tertiary/aromatic N) is 4. The number of benzene rings is 5. The number of aliphatic carboxylic acids is 1. The zero-order valence-corrected chi connectivity index (χ0v) is 47.9. The van der Waals surface area contributed by atoms with Gasteiger partial charge >= 0.3 is 17.4 Å². The molecule has 80 heavy (non-hydrogen) atoms. The number of carbonyl (C=O) groups excluding carboxylic acids is 1. The Morgan fingerprint density at radius 3 is 2.01 bits per heavy atom. The van der Waals surface area contributed by atoms with Crippen LogP contribution in [0.15, 0.2) is 135 Å². The molecule has 2 saturated heterocycles. The third kappa shape index (κ3) is 13.9. The number of piperazine rings is 1. The molecule has 428 valence electrons. The maximum Gasteiger partial charge on any atom is 0.501 e. The highest BCUT2D eigenvalue weighted by Gasteiger charge is 2.48. The monoisotopic (exact) mass is 1200 g/mol. The summed E-state index contributed by atoms with van der Waals surface area (Å²) in [6.07, 6.45) is 1.53. The number of carboxylic acids is 1. The van der Waals surface area contributed by atoms with Crippen molar-refractivity contribution >= 4 is 87.7 Å². The van der Waals surface area contributed by atoms with Crippen LogP contribution in [-0.4, -0.2) is 127 Å². The summed E-state index contributed by atoms with van der Waals surface area (Å²) in [7, 11) is -14.6. The molecule has 1 aromatic heterocycles. The molecular weight excluding hydrogens is 1140 g/mol. The van der Waals surface area contributed by atoms with E-state index in [1.54, 1.807) is 49.4 Å². The number of aromatic nitrogens is 1. The smallest absolute Gasteiger partial charge is 0.473 e. The minimum Gasteiger partial charge on any atom is -0.473 e. The van der Waals surface area contributed by atoms with Crippen LogP contribution in [0.2, 0.25) is 5.02 Å². The molecule has 0 aliphatic carbocycles. The molecule has 25 heteroatoms. The van der Waals surface area contributed by atoms with Crippen LogP contribution in [0.25, 0.3) is 22.4 Å². The normalized spacial score (nSPS) is 15.5. The molecule has 16 nitrogen and oxygen atoms in total. The summed E-state index contributed by atoms with van der Waals surface area (Å²) in [6.45, 7) is 8.58. The quantitative estimate of drug-likeness (QED) is 0.0299. The molecule has 0 saturated carbocycles. The standard InChI is InChI=1S/C55H59ClF4N6O10S4/c1-35(2)66-36(3)52(78(4,70)71)50(51(66)37-10-12-39(56)13-11-37)38-30-40(57)32-44(31-38)65-28-26-64(27-29-65)43-16-14-41(15-17-43)62-80(74,75)47-18-19-48(49(33-47)79(72,73)55(58,59)60)61-42(34-77-46-8-6-5-7-9-46)20-23-63-24-21-45(22-25-63)76-54(69)53(67)68/h5-19,30-33,35,42,45,61-62H,20-29,34H2,1-4H3,(H,67,68). The van der Waals surface area contributed by atoms with E-state index >= 15 is 4.39 Å². The first kappa shape index (κ1) is 59.8. The van der Waals surface area contributed by atoms with Crippen molar-refractivity contribution in [3.63, 3.8) is 0 Å². The Hall–Kier alpha value is -6.31. The van der Waals surface area contributed by atoms with Gasteiger partial charge in [0.2, 0.25) is 0 Å². The average Bonchev–Trinajstić information content (AvgIpc) is 4.00. The third-order valence-corrected chi connectivity index (χ3v) is 19.5. The third-order valence-electron chi connectivity index (χ3n) is 13.9. The Labute approximate surface area is 471 Å². The van der Waals surface area contributed by atoms with E-state index in [9.17, 15) is 48.0 Å². The van der Waals surface area contributed by atoms with Gasteiger partial charge in [-0.15, -0.1) is 11.8 Å². The maximum atomic E-state index is 15.8. The fraction of sp³-hybridized carbons (Fsp3) is 0.345. The number of carboxylic acid groups (broad SMARTS) is 1. The molecule has 0 radical (unpaired) electrons. The molecule has 0 spiro atoms. The summed E-state index contributed by atoms with van der Waals surface area (Å²) >= 11 is 7.62. The van der Waals surface area contributed by atoms with Crippen molar-refractivity contribution in [2.24, 2.45) is 0 Å². The number of nitrogens with one attached hydrogen (secondary N) is 2. The summed E-state index contributed by atoms with van der Waals surface area (Å²) in [4.78, 5) is 27.5. The zero-order chi connectivity index (χ0) is 57.9. The molecule has 5 aromatic carbocycles. The minimum absolute atomic E-state index is 0.0390. The minimum atomic E-state index is -6.12. The van der Waals surface area contributed by atoms with Gasteiger partial charge in [0.25, 0.3) is 19.9 Å². The van der Waals surface area contributed by atoms with Gasteiger partial charge < -0.3 is 34.4 Å². The van der Waals surface area contributed by atoms with Gasteiger partial charge in [-0.2, -0.15) is 13.2 Å². The van der Waals surface area contributed by atoms with Crippen molar-refractivity contribution in [2.45, 2.75) is 83.3 Å². The largest absolute Gasteiger partial charge is 0.501 e. The van der Waals surface area contributed by atoms with Gasteiger partial charge in [0.15, 0.2) is 9.84 Å². The van der Waals surface area contributed by atoms with Crippen LogP contribution < -0.4 is 19.8 Å². The SMILES string of the molecule is Cc1c(S(C)(=O)=O)c(-c2cc(F)cc(N3CCN(c4ccc(NS(=O)(=O)c5ccc(NC(CCN6CCC(OC(=O)C(=O)O)CC6)CSc6ccccc6)c(S(=O)(=O)C(F)(F)F)c5)cc4)CC3)c2)c(-c2ccc(Cl)cc2)n1C(C)C. The number of sulfone groups is 2. The molecule has 2 fully saturated rings. The number of anilines is 4. The molecule has 2 aliphatic heterocycles. The molecule has 2 aliphatic rings. The predicted molar refractivity (Wildman–Crippen MR) is 302 cm³/mol. The number of thioether (sulfide) groups is 1. The number of hydrogen-bond donors (Lipinski definition) is 3. The number of piperidine rings is 1. The lowest BCUT2D eigenvalue weighted by molar-refractivity contribution is -0.168. The number of alkyl halides is 3. The molecule has 1 atom stereocenters. The first-order chi connectivity index (χ1) is 37.7. The number of esters is 1. The van der Waals surface area contributed by atoms with E-state index in [0.29, 0.717) is 116 Å². The van der Waals surface area contributed by atoms with Crippen molar-refractivity contribution in [3.05, 3.63) is 132 Å². The van der Waals surface area contributed by atoms with Crippen LogP contribution in [0.5, 0.6) is 0 Å². The van der Waals surface area contributed by atoms with E-state index in [4.69, 9.17) is 21.4 Å². The lowest BCUT2D eigenvalue weighted by Crippen LogP contribution is -2.46. The first-order valence-electron chi connectivity index (χ1n) is 25.4. The summed E-state index contributed by atoms with van der Waals surface area (Å²) < 4.78 is 150. The van der Waals surface area contributed by atoms with Crippen LogP contribution in [0.3, 0.4) is 0 Å². The highest BCUT2D eigenvalue weighted by atomic mass is 35.5. The summed E-state index contributed by atoms with van der Waals surface area (Å²) in [5, 5.41) is 12.4. The van der Waals surface area contributed by atoms with Gasteiger partial charge in [0.05, 0.1) is 21.2 Å². The number of likely N-dealkylation sites (tertiary alicyclic amines) is 1. The average molecular weight is 1200 g/mol. The van der Waals surface area contributed by atoms with E-state index in [0.717, 1.165) is 23.3 Å². The Morgan fingerprint density at radius 2 is 1.43 bits per heavy atom. The van der Waals surface area contributed by atoms with Crippen molar-refractivity contribution in [2.75, 3.05) is 77.7 Å². The Balaban J connectivity index is 0.972. The predicted octanol–water partition coefficient (Wildman–Crippen LogP) is 10.4. The van der Waals surface area contributed by atoms with Gasteiger partial charge in [-0.05, 0) is 136 Å². The van der Waals surface area contributed by atoms with Crippen molar-refractivity contribution < 1.29 is 62.2 Å². The lowest BCUT2D eigenvalue weighted by Gasteiger charge is -2.37. The van der Waals surface area contributed by atoms with Gasteiger partial charge in [0.1, 0.15) is 16.8 Å². The van der Waals surface area contributed by atoms with Crippen LogP contribution >= 0.6 is 23.4 Å². The van der Waals surface area contributed by atoms with E-state index in [1.807, 2.05) is 63.4 Å². The number of rotatable bonds is 19. The summed E-state index contributed by atoms with van der Waals surface area (Å²) in [5.74, 6) is -3.35. The molecule has 0 bridgehead atoms. The summed E-state index contributed by atoms with van der Waals surface area (Å²) in [5.41, 5.74) is -2.39. The summed E-state index contributed by atoms with van der Waals surface area (Å²) in [6, 6.07) is 28.6. The van der Waals surface area contributed by atoms with Crippen LogP contribution in [-0.2, 0) is 44.0 Å². The number of hydrogen-bond acceptors (Lipinski definition) is 14. The number of ether oxygens (including phenoxy) is 1. The molecule has 1 unspecified atom stereocenters. The first-order valence-corrected chi connectivity index (χ1v) is 31.6. The van der Waals surface area contributed by atoms with E-state index in [2.05, 4.69) is 10.0 Å². The number of sulfonamides is 1. The molecule has 8 rings (SSSR count). The molecule has 6 aromatic rings. The molecular formula is C55H59ClF4N6O10S4. The van der Waals surface area contributed by atoms with Crippen molar-refractivity contribution in [3.8, 4) is 22.4 Å². The van der Waals surface area contributed by atoms with Gasteiger partial charge in [-0.3, -0.25) is 4.72 Å². The van der Waals surface area contributed by atoms with E-state index in [1.165, 1.54) is 36.0 Å². The van der Waals surface area contributed by atoms with Gasteiger partial charge in [0, 0.05) is 108 Å². The van der Waals surface area contributed by atoms with Crippen molar-refractivity contribution in [1.82, 2.24) is 9.47 Å². The second kappa shape index (κ2) is 24.4. The number of carbonyl (C=O) groups is 2. The zero-order valence-electron chi connectivity index (χ0n) is 43.9. The van der Waals surface area contributed by atoms with Gasteiger partial charge in [-0.1, -0.05) is 41.9 Å². The van der Waals surface area contributed by atoms with Crippen LogP contribution in [0.4, 0.5) is 40.3 Å². The van der Waals surface area contributed by atoms with Crippen LogP contribution in [0, 0.1) is 12.7 Å². The van der Waals surface area contributed by atoms with Gasteiger partial charge in [-0.25, -0.2) is 39.2 Å². The Morgan fingerprint density at radius 1 is 0.800 bits per heavy atom. The second-order valence-corrected chi connectivity index (χ2v) is 26.9. The molecule has 3 N–H and O–H groups in total. The van der Waals surface area contributed by atoms with Crippen molar-refractivity contribution in [1.29, 1.82) is 0 Å². The van der Waals surface area contributed by atoms with Crippen LogP contribution in [0.1, 0.15) is 44.8 Å². The fourth-order valence-corrected chi connectivity index (χ4v) is 14.5. The number of halogens is 5. The topological polar surface area (TPSA) is 205 Å². The highest BCUT2D eigenvalue weighted by Crippen LogP contribution is 2.45. The van der Waals surface area contributed by atoms with E-state index < -0.39 is 80.6 Å². The lowest BCUT2D eigenvalue weighted by atomic mass is 9.99. The highest BCUT2D eigenvalue weighted by molar-refractivity contribution is 7.99. The second-order valence-electron chi connectivity index (χ2n) is 19.8. The van der Waals surface area contributed by atoms with E-state index in [-0.39, 0.29) is 22.4 Å². The molecule has 3 heterocycles. The Kier molecular flexibility index (Phi) is 18.3.